The minimum Gasteiger partial charge on any atom is -0.317 e. The number of nitrogens with zero attached hydrogens (tertiary/aromatic N) is 1. The molecule has 0 saturated heterocycles. The molecule has 1 aliphatic heterocycles. The molecule has 0 aromatic heterocycles. The molecule has 0 bridgehead atoms. The van der Waals surface area contributed by atoms with E-state index in [0.29, 0.717) is 5.57 Å². The number of rotatable bonds is 2. The summed E-state index contributed by atoms with van der Waals surface area (Å²) in [7, 11) is 0. The lowest BCUT2D eigenvalue weighted by molar-refractivity contribution is -0.113. The van der Waals surface area contributed by atoms with Crippen LogP contribution in [-0.2, 0) is 4.79 Å². The smallest absolute Gasteiger partial charge is 0.161 e. The maximum atomic E-state index is 11.3. The molecule has 0 saturated carbocycles. The molecule has 80 valence electrons. The van der Waals surface area contributed by atoms with Crippen LogP contribution < -0.4 is 4.90 Å². The lowest BCUT2D eigenvalue weighted by Gasteiger charge is -2.24. The van der Waals surface area contributed by atoms with Crippen LogP contribution in [0.15, 0.2) is 66.5 Å². The number of anilines is 1. The van der Waals surface area contributed by atoms with Gasteiger partial charge in [-0.1, -0.05) is 24.8 Å². The molecule has 0 amide bonds. The number of ketones is 1. The Morgan fingerprint density at radius 1 is 1.19 bits per heavy atom. The lowest BCUT2D eigenvalue weighted by Crippen LogP contribution is -2.18. The summed E-state index contributed by atoms with van der Waals surface area (Å²) in [5, 5.41) is 0. The predicted octanol–water partition coefficient (Wildman–Crippen LogP) is 3.05. The Morgan fingerprint density at radius 3 is 2.50 bits per heavy atom. The van der Waals surface area contributed by atoms with Crippen LogP contribution in [-0.4, -0.2) is 5.78 Å². The van der Waals surface area contributed by atoms with Gasteiger partial charge in [0.25, 0.3) is 0 Å². The van der Waals surface area contributed by atoms with Gasteiger partial charge in [-0.3, -0.25) is 4.79 Å². The fourth-order valence-electron chi connectivity index (χ4n) is 1.57. The van der Waals surface area contributed by atoms with Crippen molar-refractivity contribution in [1.29, 1.82) is 0 Å². The van der Waals surface area contributed by atoms with Gasteiger partial charge in [-0.25, -0.2) is 0 Å². The van der Waals surface area contributed by atoms with Crippen molar-refractivity contribution < 1.29 is 4.79 Å². The van der Waals surface area contributed by atoms with E-state index in [2.05, 4.69) is 6.58 Å². The minimum absolute atomic E-state index is 0.0599. The van der Waals surface area contributed by atoms with Crippen molar-refractivity contribution in [3.05, 3.63) is 66.5 Å². The quantitative estimate of drug-likeness (QED) is 0.749. The Morgan fingerprint density at radius 2 is 1.88 bits per heavy atom. The Bertz CT molecular complexity index is 483. The molecule has 0 unspecified atom stereocenters. The largest absolute Gasteiger partial charge is 0.317 e. The second kappa shape index (κ2) is 4.19. The topological polar surface area (TPSA) is 20.3 Å². The first kappa shape index (κ1) is 10.4. The van der Waals surface area contributed by atoms with Crippen molar-refractivity contribution in [2.75, 3.05) is 4.90 Å². The number of carbonyl (C=O) groups excluding carboxylic acids is 1. The molecule has 0 spiro atoms. The number of hydrogen-bond donors (Lipinski definition) is 0. The molecule has 1 aromatic carbocycles. The molecule has 1 aromatic rings. The number of carbonyl (C=O) groups is 1. The van der Waals surface area contributed by atoms with E-state index >= 15 is 0 Å². The van der Waals surface area contributed by atoms with E-state index in [9.17, 15) is 4.79 Å². The summed E-state index contributed by atoms with van der Waals surface area (Å²) < 4.78 is 0. The maximum absolute atomic E-state index is 11.3. The fourth-order valence-corrected chi connectivity index (χ4v) is 1.57. The molecule has 0 fully saturated rings. The Kier molecular flexibility index (Phi) is 2.73. The highest BCUT2D eigenvalue weighted by Gasteiger charge is 2.12. The summed E-state index contributed by atoms with van der Waals surface area (Å²) in [6.07, 6.45) is 5.47. The lowest BCUT2D eigenvalue weighted by atomic mass is 10.1. The number of allylic oxidation sites excluding steroid dienone is 3. The number of hydrogen-bond acceptors (Lipinski definition) is 2. The van der Waals surface area contributed by atoms with E-state index in [-0.39, 0.29) is 5.78 Å². The summed E-state index contributed by atoms with van der Waals surface area (Å²) in [6.45, 7) is 5.51. The van der Waals surface area contributed by atoms with E-state index in [0.717, 1.165) is 11.4 Å². The summed E-state index contributed by atoms with van der Waals surface area (Å²) >= 11 is 0. The SMILES string of the molecule is C=C1C=CC(C(C)=O)=CN1c1ccccc1. The van der Waals surface area contributed by atoms with Crippen LogP contribution in [0.2, 0.25) is 0 Å². The third kappa shape index (κ3) is 1.96. The van der Waals surface area contributed by atoms with Crippen LogP contribution in [0, 0.1) is 0 Å². The molecular formula is C14H13NO. The molecule has 1 heterocycles. The first-order valence-corrected chi connectivity index (χ1v) is 5.12. The number of para-hydroxylation sites is 1. The van der Waals surface area contributed by atoms with Crippen LogP contribution >= 0.6 is 0 Å². The Labute approximate surface area is 95.2 Å². The fraction of sp³-hybridized carbons (Fsp3) is 0.0714. The van der Waals surface area contributed by atoms with Crippen molar-refractivity contribution in [2.24, 2.45) is 0 Å². The maximum Gasteiger partial charge on any atom is 0.161 e. The number of Topliss-reactive ketones (excluding diaryl/α,β-unsaturated/α-hetero) is 1. The highest BCUT2D eigenvalue weighted by atomic mass is 16.1. The van der Waals surface area contributed by atoms with E-state index in [1.165, 1.54) is 0 Å². The normalized spacial score (nSPS) is 14.9. The van der Waals surface area contributed by atoms with Gasteiger partial charge in [-0.15, -0.1) is 0 Å². The van der Waals surface area contributed by atoms with Crippen molar-refractivity contribution >= 4 is 11.5 Å². The Hall–Kier alpha value is -2.09. The second-order valence-electron chi connectivity index (χ2n) is 3.67. The van der Waals surface area contributed by atoms with Gasteiger partial charge in [-0.05, 0) is 31.2 Å². The van der Waals surface area contributed by atoms with Gasteiger partial charge in [0, 0.05) is 23.2 Å². The van der Waals surface area contributed by atoms with Crippen LogP contribution in [0.4, 0.5) is 5.69 Å². The molecular weight excluding hydrogens is 198 g/mol. The third-order valence-corrected chi connectivity index (χ3v) is 2.47. The van der Waals surface area contributed by atoms with Crippen LogP contribution in [0.3, 0.4) is 0 Å². The van der Waals surface area contributed by atoms with E-state index in [1.807, 2.05) is 47.5 Å². The predicted molar refractivity (Wildman–Crippen MR) is 66.0 cm³/mol. The zero-order valence-corrected chi connectivity index (χ0v) is 9.18. The first-order valence-electron chi connectivity index (χ1n) is 5.12. The first-order chi connectivity index (χ1) is 7.68. The Balaban J connectivity index is 2.38. The van der Waals surface area contributed by atoms with Gasteiger partial charge in [0.05, 0.1) is 0 Å². The highest BCUT2D eigenvalue weighted by molar-refractivity contribution is 5.97. The van der Waals surface area contributed by atoms with Gasteiger partial charge in [0.15, 0.2) is 5.78 Å². The minimum atomic E-state index is 0.0599. The summed E-state index contributed by atoms with van der Waals surface area (Å²) in [5.74, 6) is 0.0599. The molecule has 2 heteroatoms. The van der Waals surface area contributed by atoms with Crippen molar-refractivity contribution in [2.45, 2.75) is 6.92 Å². The van der Waals surface area contributed by atoms with E-state index in [1.54, 1.807) is 13.0 Å². The van der Waals surface area contributed by atoms with E-state index in [4.69, 9.17) is 0 Å². The average Bonchev–Trinajstić information content (AvgIpc) is 2.30. The molecule has 0 aliphatic carbocycles. The van der Waals surface area contributed by atoms with Crippen molar-refractivity contribution in [3.63, 3.8) is 0 Å². The van der Waals surface area contributed by atoms with Crippen LogP contribution in [0.25, 0.3) is 0 Å². The highest BCUT2D eigenvalue weighted by Crippen LogP contribution is 2.24. The molecule has 16 heavy (non-hydrogen) atoms. The zero-order chi connectivity index (χ0) is 11.5. The molecule has 0 N–H and O–H groups in total. The summed E-state index contributed by atoms with van der Waals surface area (Å²) in [6, 6.07) is 9.85. The molecule has 1 aliphatic rings. The monoisotopic (exact) mass is 211 g/mol. The molecule has 0 radical (unpaired) electrons. The second-order valence-corrected chi connectivity index (χ2v) is 3.67. The van der Waals surface area contributed by atoms with Crippen molar-refractivity contribution in [1.82, 2.24) is 0 Å². The van der Waals surface area contributed by atoms with Crippen molar-refractivity contribution in [3.8, 4) is 0 Å². The standard InChI is InChI=1S/C14H13NO/c1-11-8-9-13(12(2)16)10-15(11)14-6-4-3-5-7-14/h3-10H,1H2,2H3. The van der Waals surface area contributed by atoms with Crippen LogP contribution in [0.5, 0.6) is 0 Å². The van der Waals surface area contributed by atoms with Crippen LogP contribution in [0.1, 0.15) is 6.92 Å². The average molecular weight is 211 g/mol. The molecule has 2 rings (SSSR count). The van der Waals surface area contributed by atoms with Gasteiger partial charge < -0.3 is 4.90 Å². The van der Waals surface area contributed by atoms with Gasteiger partial charge in [-0.2, -0.15) is 0 Å². The molecule has 0 atom stereocenters. The van der Waals surface area contributed by atoms with Gasteiger partial charge in [0.2, 0.25) is 0 Å². The number of benzene rings is 1. The summed E-state index contributed by atoms with van der Waals surface area (Å²) in [4.78, 5) is 13.2. The third-order valence-electron chi connectivity index (χ3n) is 2.47. The van der Waals surface area contributed by atoms with E-state index < -0.39 is 0 Å². The zero-order valence-electron chi connectivity index (χ0n) is 9.18. The van der Waals surface area contributed by atoms with Gasteiger partial charge in [0.1, 0.15) is 0 Å². The van der Waals surface area contributed by atoms with Gasteiger partial charge >= 0.3 is 0 Å². The summed E-state index contributed by atoms with van der Waals surface area (Å²) in [5.41, 5.74) is 2.56. The molecule has 2 nitrogen and oxygen atoms in total.